The molecular formula is C24H26N2O2. The summed E-state index contributed by atoms with van der Waals surface area (Å²) in [7, 11) is 0. The molecular weight excluding hydrogens is 348 g/mol. The van der Waals surface area contributed by atoms with Crippen molar-refractivity contribution in [3.05, 3.63) is 95.3 Å². The normalized spacial score (nSPS) is 15.3. The summed E-state index contributed by atoms with van der Waals surface area (Å²) in [4.78, 5) is 6.64. The maximum absolute atomic E-state index is 6.10. The Balaban J connectivity index is 1.59. The molecule has 0 radical (unpaired) electrons. The molecule has 0 N–H and O–H groups in total. The molecule has 0 bridgehead atoms. The highest BCUT2D eigenvalue weighted by atomic mass is 16.5. The molecule has 1 atom stereocenters. The van der Waals surface area contributed by atoms with Crippen LogP contribution in [-0.4, -0.2) is 29.6 Å². The van der Waals surface area contributed by atoms with E-state index in [0.717, 1.165) is 25.4 Å². The number of pyridine rings is 1. The third kappa shape index (κ3) is 4.41. The first-order valence-corrected chi connectivity index (χ1v) is 9.87. The zero-order valence-electron chi connectivity index (χ0n) is 16.3. The van der Waals surface area contributed by atoms with Gasteiger partial charge < -0.3 is 9.47 Å². The van der Waals surface area contributed by atoms with Gasteiger partial charge in [-0.3, -0.25) is 9.88 Å². The van der Waals surface area contributed by atoms with Crippen LogP contribution in [0.3, 0.4) is 0 Å². The van der Waals surface area contributed by atoms with E-state index in [2.05, 4.69) is 58.4 Å². The molecule has 0 fully saturated rings. The van der Waals surface area contributed by atoms with E-state index in [4.69, 9.17) is 9.47 Å². The highest BCUT2D eigenvalue weighted by Crippen LogP contribution is 2.31. The fourth-order valence-corrected chi connectivity index (χ4v) is 3.70. The first kappa shape index (κ1) is 18.7. The van der Waals surface area contributed by atoms with Gasteiger partial charge in [-0.1, -0.05) is 42.5 Å². The van der Waals surface area contributed by atoms with Crippen molar-refractivity contribution in [2.24, 2.45) is 0 Å². The largest absolute Gasteiger partial charge is 0.492 e. The molecule has 1 aromatic heterocycles. The summed E-state index contributed by atoms with van der Waals surface area (Å²) < 4.78 is 12.1. The van der Waals surface area contributed by atoms with Crippen molar-refractivity contribution in [2.75, 3.05) is 19.8 Å². The predicted molar refractivity (Wildman–Crippen MR) is 110 cm³/mol. The monoisotopic (exact) mass is 374 g/mol. The van der Waals surface area contributed by atoms with Crippen LogP contribution in [-0.2, 0) is 17.8 Å². The number of benzene rings is 2. The molecule has 4 heteroatoms. The van der Waals surface area contributed by atoms with E-state index in [1.165, 1.54) is 22.3 Å². The van der Waals surface area contributed by atoms with Gasteiger partial charge in [-0.15, -0.1) is 0 Å². The van der Waals surface area contributed by atoms with Gasteiger partial charge in [0.15, 0.2) is 0 Å². The van der Waals surface area contributed by atoms with E-state index in [0.29, 0.717) is 13.2 Å². The van der Waals surface area contributed by atoms with E-state index >= 15 is 0 Å². The zero-order valence-corrected chi connectivity index (χ0v) is 16.3. The lowest BCUT2D eigenvalue weighted by molar-refractivity contribution is 0.0912. The molecule has 2 heterocycles. The number of aromatic nitrogens is 1. The van der Waals surface area contributed by atoms with E-state index in [-0.39, 0.29) is 6.10 Å². The summed E-state index contributed by atoms with van der Waals surface area (Å²) in [6.45, 7) is 6.02. The Hall–Kier alpha value is -2.69. The Labute approximate surface area is 166 Å². The van der Waals surface area contributed by atoms with Gasteiger partial charge in [0.05, 0.1) is 0 Å². The summed E-state index contributed by atoms with van der Waals surface area (Å²) >= 11 is 0. The number of nitrogens with zero attached hydrogens (tertiary/aromatic N) is 2. The second kappa shape index (κ2) is 9.00. The van der Waals surface area contributed by atoms with Gasteiger partial charge in [0.1, 0.15) is 18.5 Å². The van der Waals surface area contributed by atoms with Crippen LogP contribution in [0.1, 0.15) is 35.3 Å². The Kier molecular flexibility index (Phi) is 6.00. The molecule has 1 aliphatic heterocycles. The van der Waals surface area contributed by atoms with Gasteiger partial charge in [-0.2, -0.15) is 0 Å². The minimum atomic E-state index is -0.0634. The average molecular weight is 374 g/mol. The van der Waals surface area contributed by atoms with Gasteiger partial charge in [0, 0.05) is 44.2 Å². The molecule has 3 aromatic rings. The number of hydrogen-bond acceptors (Lipinski definition) is 4. The van der Waals surface area contributed by atoms with Crippen molar-refractivity contribution >= 4 is 0 Å². The molecule has 0 unspecified atom stereocenters. The molecule has 0 saturated heterocycles. The Morgan fingerprint density at radius 2 is 1.96 bits per heavy atom. The molecule has 4 rings (SSSR count). The molecule has 0 aliphatic carbocycles. The molecule has 4 nitrogen and oxygen atoms in total. The van der Waals surface area contributed by atoms with Gasteiger partial charge in [0.2, 0.25) is 0 Å². The molecule has 2 aromatic carbocycles. The van der Waals surface area contributed by atoms with Gasteiger partial charge in [0.25, 0.3) is 0 Å². The minimum absolute atomic E-state index is 0.0634. The molecule has 144 valence electrons. The van der Waals surface area contributed by atoms with Crippen LogP contribution in [0, 0.1) is 0 Å². The average Bonchev–Trinajstić information content (AvgIpc) is 2.94. The van der Waals surface area contributed by atoms with E-state index in [9.17, 15) is 0 Å². The fraction of sp³-hybridized carbons (Fsp3) is 0.292. The summed E-state index contributed by atoms with van der Waals surface area (Å²) in [5.41, 5.74) is 4.77. The van der Waals surface area contributed by atoms with E-state index in [1.54, 1.807) is 0 Å². The van der Waals surface area contributed by atoms with Crippen LogP contribution >= 0.6 is 0 Å². The Bertz CT molecular complexity index is 884. The van der Waals surface area contributed by atoms with Crippen molar-refractivity contribution in [3.8, 4) is 5.75 Å². The predicted octanol–water partition coefficient (Wildman–Crippen LogP) is 4.60. The SMILES string of the molecule is CCO[C@H](c1ccccc1)c1ccc2c(c1)CN(Cc1cccnc1)CCO2. The highest BCUT2D eigenvalue weighted by Gasteiger charge is 2.20. The van der Waals surface area contributed by atoms with Crippen LogP contribution in [0.15, 0.2) is 73.1 Å². The fourth-order valence-electron chi connectivity index (χ4n) is 3.70. The smallest absolute Gasteiger partial charge is 0.123 e. The third-order valence-corrected chi connectivity index (χ3v) is 5.01. The van der Waals surface area contributed by atoms with Crippen molar-refractivity contribution in [2.45, 2.75) is 26.1 Å². The number of fused-ring (bicyclic) bond motifs is 1. The van der Waals surface area contributed by atoms with Crippen LogP contribution < -0.4 is 4.74 Å². The first-order valence-electron chi connectivity index (χ1n) is 9.87. The summed E-state index contributed by atoms with van der Waals surface area (Å²) in [5, 5.41) is 0. The second-order valence-corrected chi connectivity index (χ2v) is 7.03. The lowest BCUT2D eigenvalue weighted by Gasteiger charge is -2.21. The molecule has 0 spiro atoms. The quantitative estimate of drug-likeness (QED) is 0.631. The Morgan fingerprint density at radius 1 is 1.07 bits per heavy atom. The highest BCUT2D eigenvalue weighted by molar-refractivity contribution is 5.41. The van der Waals surface area contributed by atoms with E-state index < -0.39 is 0 Å². The number of rotatable bonds is 6. The molecule has 0 saturated carbocycles. The second-order valence-electron chi connectivity index (χ2n) is 7.03. The molecule has 28 heavy (non-hydrogen) atoms. The minimum Gasteiger partial charge on any atom is -0.492 e. The summed E-state index contributed by atoms with van der Waals surface area (Å²) in [6.07, 6.45) is 3.68. The lowest BCUT2D eigenvalue weighted by atomic mass is 9.98. The van der Waals surface area contributed by atoms with Crippen LogP contribution in [0.4, 0.5) is 0 Å². The lowest BCUT2D eigenvalue weighted by Crippen LogP contribution is -2.25. The van der Waals surface area contributed by atoms with E-state index in [1.807, 2.05) is 31.5 Å². The summed E-state index contributed by atoms with van der Waals surface area (Å²) in [5.74, 6) is 0.973. The Morgan fingerprint density at radius 3 is 2.75 bits per heavy atom. The van der Waals surface area contributed by atoms with Crippen LogP contribution in [0.5, 0.6) is 5.75 Å². The maximum Gasteiger partial charge on any atom is 0.123 e. The van der Waals surface area contributed by atoms with Gasteiger partial charge >= 0.3 is 0 Å². The first-order chi connectivity index (χ1) is 13.8. The van der Waals surface area contributed by atoms with Crippen molar-refractivity contribution in [1.82, 2.24) is 9.88 Å². The number of hydrogen-bond donors (Lipinski definition) is 0. The van der Waals surface area contributed by atoms with Crippen molar-refractivity contribution < 1.29 is 9.47 Å². The van der Waals surface area contributed by atoms with Gasteiger partial charge in [-0.05, 0) is 41.8 Å². The third-order valence-electron chi connectivity index (χ3n) is 5.01. The molecule has 1 aliphatic rings. The van der Waals surface area contributed by atoms with Crippen molar-refractivity contribution in [1.29, 1.82) is 0 Å². The van der Waals surface area contributed by atoms with Gasteiger partial charge in [-0.25, -0.2) is 0 Å². The van der Waals surface area contributed by atoms with Crippen LogP contribution in [0.25, 0.3) is 0 Å². The summed E-state index contributed by atoms with van der Waals surface area (Å²) in [6, 6.07) is 21.0. The standard InChI is InChI=1S/C24H26N2O2/c1-2-27-24(20-8-4-3-5-9-20)21-10-11-23-22(15-21)18-26(13-14-28-23)17-19-7-6-12-25-16-19/h3-12,15-16,24H,2,13-14,17-18H2,1H3/t24-/m1/s1. The molecule has 0 amide bonds. The number of ether oxygens (including phenoxy) is 2. The van der Waals surface area contributed by atoms with Crippen molar-refractivity contribution in [3.63, 3.8) is 0 Å². The topological polar surface area (TPSA) is 34.6 Å². The maximum atomic E-state index is 6.10. The zero-order chi connectivity index (χ0) is 19.2. The van der Waals surface area contributed by atoms with Crippen LogP contribution in [0.2, 0.25) is 0 Å².